The number of nitrogens with zero attached hydrogens (tertiary/aromatic N) is 3. The van der Waals surface area contributed by atoms with Gasteiger partial charge in [0, 0.05) is 6.04 Å². The third-order valence-electron chi connectivity index (χ3n) is 3.32. The molecule has 1 saturated carbocycles. The van der Waals surface area contributed by atoms with E-state index in [0.29, 0.717) is 18.5 Å². The van der Waals surface area contributed by atoms with E-state index in [0.717, 1.165) is 0 Å². The molecule has 96 valence electrons. The minimum atomic E-state index is -0.758. The molecule has 0 spiro atoms. The highest BCUT2D eigenvalue weighted by molar-refractivity contribution is 5.70. The number of anilines is 1. The van der Waals surface area contributed by atoms with Crippen molar-refractivity contribution in [2.45, 2.75) is 31.1 Å². The number of aromatic amines is 1. The van der Waals surface area contributed by atoms with Crippen molar-refractivity contribution in [1.29, 1.82) is 0 Å². The topological polar surface area (TPSA) is 130 Å². The number of hydrogen-bond donors (Lipinski definition) is 4. The molecule has 1 unspecified atom stereocenters. The SMILES string of the molecule is Nc1nc2c(ncn2C2C[C@@H](O)[C@@H](O)C2)c(=O)[nH]1. The fourth-order valence-corrected chi connectivity index (χ4v) is 2.41. The molecule has 1 aliphatic rings. The van der Waals surface area contributed by atoms with Crippen LogP contribution in [-0.4, -0.2) is 41.9 Å². The summed E-state index contributed by atoms with van der Waals surface area (Å²) in [5, 5.41) is 19.1. The average molecular weight is 251 g/mol. The van der Waals surface area contributed by atoms with Gasteiger partial charge in [-0.1, -0.05) is 0 Å². The van der Waals surface area contributed by atoms with E-state index in [4.69, 9.17) is 5.73 Å². The molecule has 5 N–H and O–H groups in total. The maximum Gasteiger partial charge on any atom is 0.280 e. The Labute approximate surface area is 101 Å². The molecule has 8 heteroatoms. The molecule has 0 radical (unpaired) electrons. The van der Waals surface area contributed by atoms with E-state index in [-0.39, 0.29) is 17.5 Å². The standard InChI is InChI=1S/C10H13N5O3/c11-10-13-8-7(9(18)14-10)12-3-15(8)4-1-5(16)6(17)2-4/h3-6,16-17H,1-2H2,(H3,11,13,14,18)/t4?,5-,6+. The number of H-pyrrole nitrogens is 1. The van der Waals surface area contributed by atoms with E-state index in [1.54, 1.807) is 4.57 Å². The summed E-state index contributed by atoms with van der Waals surface area (Å²) >= 11 is 0. The van der Waals surface area contributed by atoms with Gasteiger partial charge in [0.05, 0.1) is 18.5 Å². The normalized spacial score (nSPS) is 28.0. The Morgan fingerprint density at radius 2 is 2.06 bits per heavy atom. The highest BCUT2D eigenvalue weighted by atomic mass is 16.3. The second-order valence-electron chi connectivity index (χ2n) is 4.54. The number of hydrogen-bond acceptors (Lipinski definition) is 6. The molecule has 3 atom stereocenters. The molecule has 0 bridgehead atoms. The zero-order chi connectivity index (χ0) is 12.9. The first-order valence-corrected chi connectivity index (χ1v) is 5.64. The van der Waals surface area contributed by atoms with E-state index >= 15 is 0 Å². The molecule has 0 aromatic carbocycles. The summed E-state index contributed by atoms with van der Waals surface area (Å²) in [6.07, 6.45) is 0.780. The molecule has 0 amide bonds. The van der Waals surface area contributed by atoms with Crippen LogP contribution in [0, 0.1) is 0 Å². The first-order valence-electron chi connectivity index (χ1n) is 5.64. The van der Waals surface area contributed by atoms with Gasteiger partial charge in [-0.2, -0.15) is 4.98 Å². The van der Waals surface area contributed by atoms with Crippen molar-refractivity contribution in [2.75, 3.05) is 5.73 Å². The Bertz CT molecular complexity index is 638. The van der Waals surface area contributed by atoms with Crippen LogP contribution in [0.2, 0.25) is 0 Å². The van der Waals surface area contributed by atoms with Crippen molar-refractivity contribution in [2.24, 2.45) is 0 Å². The second kappa shape index (κ2) is 3.79. The fraction of sp³-hybridized carbons (Fsp3) is 0.500. The van der Waals surface area contributed by atoms with Crippen LogP contribution in [0.1, 0.15) is 18.9 Å². The number of aromatic nitrogens is 4. The van der Waals surface area contributed by atoms with Gasteiger partial charge in [0.2, 0.25) is 5.95 Å². The highest BCUT2D eigenvalue weighted by Gasteiger charge is 2.33. The quantitative estimate of drug-likeness (QED) is 0.501. The van der Waals surface area contributed by atoms with Gasteiger partial charge in [-0.05, 0) is 12.8 Å². The van der Waals surface area contributed by atoms with Crippen LogP contribution in [0.5, 0.6) is 0 Å². The van der Waals surface area contributed by atoms with Crippen LogP contribution >= 0.6 is 0 Å². The van der Waals surface area contributed by atoms with Crippen molar-refractivity contribution < 1.29 is 10.2 Å². The first-order chi connectivity index (χ1) is 8.56. The maximum atomic E-state index is 11.6. The van der Waals surface area contributed by atoms with Crippen LogP contribution in [0.15, 0.2) is 11.1 Å². The third kappa shape index (κ3) is 1.57. The van der Waals surface area contributed by atoms with E-state index in [1.807, 2.05) is 0 Å². The molecule has 2 aromatic heterocycles. The fourth-order valence-electron chi connectivity index (χ4n) is 2.41. The summed E-state index contributed by atoms with van der Waals surface area (Å²) in [6, 6.07) is -0.131. The van der Waals surface area contributed by atoms with E-state index < -0.39 is 17.8 Å². The number of nitrogen functional groups attached to an aromatic ring is 1. The second-order valence-corrected chi connectivity index (χ2v) is 4.54. The van der Waals surface area contributed by atoms with Crippen LogP contribution in [0.25, 0.3) is 11.2 Å². The zero-order valence-electron chi connectivity index (χ0n) is 9.45. The monoisotopic (exact) mass is 251 g/mol. The highest BCUT2D eigenvalue weighted by Crippen LogP contribution is 2.31. The summed E-state index contributed by atoms with van der Waals surface area (Å²) < 4.78 is 1.68. The number of nitrogens with two attached hydrogens (primary N) is 1. The molecule has 8 nitrogen and oxygen atoms in total. The Hall–Kier alpha value is -1.93. The molecular formula is C10H13N5O3. The summed E-state index contributed by atoms with van der Waals surface area (Å²) in [4.78, 5) is 22.0. The van der Waals surface area contributed by atoms with E-state index in [1.165, 1.54) is 6.33 Å². The molecule has 1 fully saturated rings. The van der Waals surface area contributed by atoms with E-state index in [9.17, 15) is 15.0 Å². The number of nitrogens with one attached hydrogen (secondary N) is 1. The Morgan fingerprint density at radius 1 is 1.39 bits per heavy atom. The zero-order valence-corrected chi connectivity index (χ0v) is 9.45. The van der Waals surface area contributed by atoms with Crippen LogP contribution in [0.4, 0.5) is 5.95 Å². The van der Waals surface area contributed by atoms with Gasteiger partial charge >= 0.3 is 0 Å². The average Bonchev–Trinajstić information content (AvgIpc) is 2.83. The van der Waals surface area contributed by atoms with Crippen molar-refractivity contribution in [3.63, 3.8) is 0 Å². The minimum Gasteiger partial charge on any atom is -0.390 e. The van der Waals surface area contributed by atoms with Gasteiger partial charge in [-0.25, -0.2) is 4.98 Å². The molecule has 2 heterocycles. The van der Waals surface area contributed by atoms with Crippen molar-refractivity contribution in [3.05, 3.63) is 16.7 Å². The summed E-state index contributed by atoms with van der Waals surface area (Å²) in [6.45, 7) is 0. The molecule has 1 aliphatic carbocycles. The van der Waals surface area contributed by atoms with Gasteiger partial charge in [0.1, 0.15) is 0 Å². The number of imidazole rings is 1. The third-order valence-corrected chi connectivity index (χ3v) is 3.32. The minimum absolute atomic E-state index is 0.0216. The lowest BCUT2D eigenvalue weighted by Crippen LogP contribution is -2.17. The van der Waals surface area contributed by atoms with Gasteiger partial charge < -0.3 is 20.5 Å². The molecule has 0 saturated heterocycles. The molecule has 3 rings (SSSR count). The molecule has 2 aromatic rings. The summed E-state index contributed by atoms with van der Waals surface area (Å²) in [5.41, 5.74) is 5.69. The summed E-state index contributed by atoms with van der Waals surface area (Å²) in [7, 11) is 0. The Morgan fingerprint density at radius 3 is 2.72 bits per heavy atom. The smallest absolute Gasteiger partial charge is 0.280 e. The van der Waals surface area contributed by atoms with Crippen LogP contribution < -0.4 is 11.3 Å². The predicted octanol–water partition coefficient (Wildman–Crippen LogP) is -1.24. The lowest BCUT2D eigenvalue weighted by molar-refractivity contribution is 0.0438. The van der Waals surface area contributed by atoms with Gasteiger partial charge in [-0.3, -0.25) is 9.78 Å². The number of aliphatic hydroxyl groups is 2. The van der Waals surface area contributed by atoms with Crippen LogP contribution in [0.3, 0.4) is 0 Å². The van der Waals surface area contributed by atoms with Gasteiger partial charge in [0.25, 0.3) is 5.56 Å². The Kier molecular flexibility index (Phi) is 2.35. The van der Waals surface area contributed by atoms with E-state index in [2.05, 4.69) is 15.0 Å². The molecule has 18 heavy (non-hydrogen) atoms. The largest absolute Gasteiger partial charge is 0.390 e. The van der Waals surface area contributed by atoms with Crippen molar-refractivity contribution in [3.8, 4) is 0 Å². The first kappa shape index (κ1) is 11.2. The van der Waals surface area contributed by atoms with Crippen molar-refractivity contribution >= 4 is 17.1 Å². The number of fused-ring (bicyclic) bond motifs is 1. The number of rotatable bonds is 1. The number of aliphatic hydroxyl groups excluding tert-OH is 2. The predicted molar refractivity (Wildman–Crippen MR) is 62.8 cm³/mol. The lowest BCUT2D eigenvalue weighted by Gasteiger charge is -2.11. The lowest BCUT2D eigenvalue weighted by atomic mass is 10.2. The maximum absolute atomic E-state index is 11.6. The van der Waals surface area contributed by atoms with Crippen LogP contribution in [-0.2, 0) is 0 Å². The summed E-state index contributed by atoms with van der Waals surface area (Å²) in [5.74, 6) is 0.0216. The Balaban J connectivity index is 2.11. The molecule has 0 aliphatic heterocycles. The van der Waals surface area contributed by atoms with Gasteiger partial charge in [0.15, 0.2) is 11.2 Å². The van der Waals surface area contributed by atoms with Crippen molar-refractivity contribution in [1.82, 2.24) is 19.5 Å². The van der Waals surface area contributed by atoms with Gasteiger partial charge in [-0.15, -0.1) is 0 Å². The molecular weight excluding hydrogens is 238 g/mol.